The molecule has 1 saturated carbocycles. The van der Waals surface area contributed by atoms with E-state index in [2.05, 4.69) is 36.3 Å². The molecule has 0 bridgehead atoms. The van der Waals surface area contributed by atoms with Gasteiger partial charge in [-0.25, -0.2) is 0 Å². The predicted molar refractivity (Wildman–Crippen MR) is 76.0 cm³/mol. The molecule has 0 aromatic heterocycles. The largest absolute Gasteiger partial charge is 0.305 e. The highest BCUT2D eigenvalue weighted by Crippen LogP contribution is 2.34. The lowest BCUT2D eigenvalue weighted by Gasteiger charge is -2.30. The fraction of sp³-hybridized carbons (Fsp3) is 0.500. The molecule has 2 rings (SSSR count). The Morgan fingerprint density at radius 1 is 1.22 bits per heavy atom. The lowest BCUT2D eigenvalue weighted by atomic mass is 9.81. The summed E-state index contributed by atoms with van der Waals surface area (Å²) in [5.74, 6) is 0.688. The van der Waals surface area contributed by atoms with Crippen LogP contribution in [0.1, 0.15) is 49.3 Å². The number of rotatable bonds is 5. The second-order valence-corrected chi connectivity index (χ2v) is 5.07. The molecule has 2 heteroatoms. The van der Waals surface area contributed by atoms with E-state index in [-0.39, 0.29) is 0 Å². The van der Waals surface area contributed by atoms with E-state index in [4.69, 9.17) is 4.84 Å². The van der Waals surface area contributed by atoms with Crippen LogP contribution in [-0.4, -0.2) is 7.11 Å². The Balaban J connectivity index is 2.13. The van der Waals surface area contributed by atoms with Crippen molar-refractivity contribution in [3.8, 4) is 0 Å². The Morgan fingerprint density at radius 3 is 2.44 bits per heavy atom. The molecular weight excluding hydrogens is 222 g/mol. The average molecular weight is 245 g/mol. The van der Waals surface area contributed by atoms with Crippen molar-refractivity contribution < 1.29 is 4.84 Å². The standard InChI is InChI=1S/C16H23NO/c1-3-13-9-11-15(12-10-13)16(17-18-2)14-7-5-4-6-8-14/h3,9-12,14,16-17H,1,4-8H2,2H3/t16-/m1/s1. The Labute approximate surface area is 110 Å². The third-order valence-electron chi connectivity index (χ3n) is 3.90. The maximum absolute atomic E-state index is 5.20. The Morgan fingerprint density at radius 2 is 1.89 bits per heavy atom. The Hall–Kier alpha value is -1.12. The zero-order valence-electron chi connectivity index (χ0n) is 11.2. The van der Waals surface area contributed by atoms with Crippen LogP contribution in [0.4, 0.5) is 0 Å². The Bertz CT molecular complexity index is 365. The van der Waals surface area contributed by atoms with Gasteiger partial charge in [-0.15, -0.1) is 0 Å². The van der Waals surface area contributed by atoms with E-state index in [0.29, 0.717) is 12.0 Å². The summed E-state index contributed by atoms with van der Waals surface area (Å²) in [7, 11) is 1.70. The van der Waals surface area contributed by atoms with Crippen molar-refractivity contribution in [2.75, 3.05) is 7.11 Å². The summed E-state index contributed by atoms with van der Waals surface area (Å²) in [6.45, 7) is 3.79. The molecule has 0 heterocycles. The SMILES string of the molecule is C=Cc1ccc([C@H](NOC)C2CCCCC2)cc1. The molecule has 1 aromatic rings. The second-order valence-electron chi connectivity index (χ2n) is 5.07. The topological polar surface area (TPSA) is 21.3 Å². The maximum Gasteiger partial charge on any atom is 0.0599 e. The highest BCUT2D eigenvalue weighted by molar-refractivity contribution is 5.47. The molecule has 1 N–H and O–H groups in total. The van der Waals surface area contributed by atoms with Gasteiger partial charge in [-0.05, 0) is 29.9 Å². The van der Waals surface area contributed by atoms with E-state index in [9.17, 15) is 0 Å². The van der Waals surface area contributed by atoms with Crippen LogP contribution in [0, 0.1) is 5.92 Å². The summed E-state index contributed by atoms with van der Waals surface area (Å²) in [5, 5.41) is 0. The van der Waals surface area contributed by atoms with Gasteiger partial charge in [-0.1, -0.05) is 56.2 Å². The van der Waals surface area contributed by atoms with Crippen LogP contribution in [0.25, 0.3) is 6.08 Å². The molecule has 1 aliphatic carbocycles. The van der Waals surface area contributed by atoms with Gasteiger partial charge in [0.25, 0.3) is 0 Å². The van der Waals surface area contributed by atoms with Crippen LogP contribution >= 0.6 is 0 Å². The first-order chi connectivity index (χ1) is 8.85. The van der Waals surface area contributed by atoms with Gasteiger partial charge in [-0.3, -0.25) is 0 Å². The van der Waals surface area contributed by atoms with Crippen molar-refractivity contribution in [2.45, 2.75) is 38.1 Å². The molecular formula is C16H23NO. The predicted octanol–water partition coefficient (Wildman–Crippen LogP) is 4.10. The smallest absolute Gasteiger partial charge is 0.0599 e. The van der Waals surface area contributed by atoms with Crippen LogP contribution in [0.2, 0.25) is 0 Å². The maximum atomic E-state index is 5.20. The van der Waals surface area contributed by atoms with Crippen LogP contribution in [0.5, 0.6) is 0 Å². The summed E-state index contributed by atoms with van der Waals surface area (Å²) in [5.41, 5.74) is 5.66. The Kier molecular flexibility index (Phi) is 4.97. The molecule has 0 radical (unpaired) electrons. The minimum atomic E-state index is 0.314. The summed E-state index contributed by atoms with van der Waals surface area (Å²) < 4.78 is 0. The summed E-state index contributed by atoms with van der Waals surface area (Å²) in [6, 6.07) is 8.92. The quantitative estimate of drug-likeness (QED) is 0.788. The van der Waals surface area contributed by atoms with E-state index in [0.717, 1.165) is 0 Å². The number of hydrogen-bond acceptors (Lipinski definition) is 2. The van der Waals surface area contributed by atoms with Crippen molar-refractivity contribution in [3.05, 3.63) is 42.0 Å². The molecule has 1 aromatic carbocycles. The number of nitrogens with one attached hydrogen (secondary N) is 1. The fourth-order valence-corrected chi connectivity index (χ4v) is 2.87. The molecule has 1 fully saturated rings. The van der Waals surface area contributed by atoms with Gasteiger partial charge in [0.1, 0.15) is 0 Å². The lowest BCUT2D eigenvalue weighted by Crippen LogP contribution is -2.29. The normalized spacial score (nSPS) is 18.5. The number of benzene rings is 1. The molecule has 0 unspecified atom stereocenters. The van der Waals surface area contributed by atoms with Crippen molar-refractivity contribution in [1.82, 2.24) is 5.48 Å². The van der Waals surface area contributed by atoms with Crippen LogP contribution in [0.15, 0.2) is 30.8 Å². The fourth-order valence-electron chi connectivity index (χ4n) is 2.87. The minimum absolute atomic E-state index is 0.314. The van der Waals surface area contributed by atoms with Gasteiger partial charge in [-0.2, -0.15) is 5.48 Å². The van der Waals surface area contributed by atoms with Crippen molar-refractivity contribution >= 4 is 6.08 Å². The van der Waals surface area contributed by atoms with Crippen molar-refractivity contribution in [3.63, 3.8) is 0 Å². The van der Waals surface area contributed by atoms with E-state index >= 15 is 0 Å². The van der Waals surface area contributed by atoms with Crippen LogP contribution in [0.3, 0.4) is 0 Å². The van der Waals surface area contributed by atoms with Crippen molar-refractivity contribution in [1.29, 1.82) is 0 Å². The van der Waals surface area contributed by atoms with Crippen LogP contribution < -0.4 is 5.48 Å². The van der Waals surface area contributed by atoms with Gasteiger partial charge < -0.3 is 4.84 Å². The monoisotopic (exact) mass is 245 g/mol. The number of hydrogen-bond donors (Lipinski definition) is 1. The zero-order valence-corrected chi connectivity index (χ0v) is 11.2. The molecule has 2 nitrogen and oxygen atoms in total. The molecule has 0 saturated heterocycles. The van der Waals surface area contributed by atoms with Crippen LogP contribution in [-0.2, 0) is 4.84 Å². The van der Waals surface area contributed by atoms with Crippen molar-refractivity contribution in [2.24, 2.45) is 5.92 Å². The third-order valence-corrected chi connectivity index (χ3v) is 3.90. The first kappa shape index (κ1) is 13.3. The number of hydroxylamine groups is 1. The van der Waals surface area contributed by atoms with Gasteiger partial charge in [0, 0.05) is 0 Å². The van der Waals surface area contributed by atoms with E-state index in [1.165, 1.54) is 43.2 Å². The minimum Gasteiger partial charge on any atom is -0.305 e. The summed E-state index contributed by atoms with van der Waals surface area (Å²) >= 11 is 0. The lowest BCUT2D eigenvalue weighted by molar-refractivity contribution is 0.0332. The van der Waals surface area contributed by atoms with E-state index < -0.39 is 0 Å². The molecule has 0 amide bonds. The average Bonchev–Trinajstić information content (AvgIpc) is 2.46. The molecule has 18 heavy (non-hydrogen) atoms. The third kappa shape index (κ3) is 3.21. The van der Waals surface area contributed by atoms with E-state index in [1.807, 2.05) is 6.08 Å². The van der Waals surface area contributed by atoms with Gasteiger partial charge in [0.2, 0.25) is 0 Å². The highest BCUT2D eigenvalue weighted by Gasteiger charge is 2.24. The molecule has 0 aliphatic heterocycles. The first-order valence-electron chi connectivity index (χ1n) is 6.86. The van der Waals surface area contributed by atoms with Gasteiger partial charge >= 0.3 is 0 Å². The first-order valence-corrected chi connectivity index (χ1v) is 6.86. The van der Waals surface area contributed by atoms with E-state index in [1.54, 1.807) is 7.11 Å². The van der Waals surface area contributed by atoms with Gasteiger partial charge in [0.05, 0.1) is 13.2 Å². The molecule has 1 aliphatic rings. The summed E-state index contributed by atoms with van der Waals surface area (Å²) in [6.07, 6.45) is 8.54. The molecule has 0 spiro atoms. The molecule has 98 valence electrons. The highest BCUT2D eigenvalue weighted by atomic mass is 16.6. The molecule has 1 atom stereocenters. The summed E-state index contributed by atoms with van der Waals surface area (Å²) in [4.78, 5) is 5.20. The zero-order chi connectivity index (χ0) is 12.8. The second kappa shape index (κ2) is 6.72. The van der Waals surface area contributed by atoms with Gasteiger partial charge in [0.15, 0.2) is 0 Å².